The highest BCUT2D eigenvalue weighted by molar-refractivity contribution is 8.00. The van der Waals surface area contributed by atoms with Crippen LogP contribution in [0.25, 0.3) is 11.4 Å². The number of hydrogen-bond acceptors (Lipinski definition) is 5. The Morgan fingerprint density at radius 2 is 1.94 bits per heavy atom. The lowest BCUT2D eigenvalue weighted by molar-refractivity contribution is -0.123. The van der Waals surface area contributed by atoms with E-state index in [9.17, 15) is 22.8 Å². The number of rotatable bonds is 9. The van der Waals surface area contributed by atoms with E-state index < -0.39 is 46.7 Å². The van der Waals surface area contributed by atoms with Crippen LogP contribution in [0.1, 0.15) is 12.5 Å². The number of aryl methyl sites for hydroxylation is 1. The zero-order chi connectivity index (χ0) is 24.8. The smallest absolute Gasteiger partial charge is 0.243 e. The number of carbonyl (C=O) groups is 2. The molecule has 3 aromatic rings. The summed E-state index contributed by atoms with van der Waals surface area (Å²) in [5, 5.41) is 12.8. The summed E-state index contributed by atoms with van der Waals surface area (Å²) >= 11 is 1.15. The lowest BCUT2D eigenvalue weighted by Crippen LogP contribution is -2.37. The molecule has 0 unspecified atom stereocenters. The average molecular weight is 490 g/mol. The van der Waals surface area contributed by atoms with Gasteiger partial charge in [0, 0.05) is 12.1 Å². The first-order valence-electron chi connectivity index (χ1n) is 10.2. The van der Waals surface area contributed by atoms with Gasteiger partial charge >= 0.3 is 0 Å². The third-order valence-electron chi connectivity index (χ3n) is 4.69. The van der Waals surface area contributed by atoms with Crippen LogP contribution < -0.4 is 10.6 Å². The van der Waals surface area contributed by atoms with Crippen molar-refractivity contribution in [1.82, 2.24) is 20.1 Å². The molecule has 0 saturated heterocycles. The molecule has 0 saturated carbocycles. The summed E-state index contributed by atoms with van der Waals surface area (Å²) < 4.78 is 41.8. The molecule has 0 aliphatic rings. The van der Waals surface area contributed by atoms with Crippen LogP contribution >= 0.6 is 11.8 Å². The molecule has 3 rings (SSSR count). The van der Waals surface area contributed by atoms with Crippen LogP contribution in [0.5, 0.6) is 0 Å². The highest BCUT2D eigenvalue weighted by Crippen LogP contribution is 2.27. The van der Waals surface area contributed by atoms with Crippen molar-refractivity contribution in [2.75, 3.05) is 11.9 Å². The minimum absolute atomic E-state index is 0.426. The number of anilines is 1. The molecule has 178 valence electrons. The Hall–Kier alpha value is -3.60. The number of aromatic nitrogens is 3. The largest absolute Gasteiger partial charge is 0.346 e. The van der Waals surface area contributed by atoms with Gasteiger partial charge in [0.15, 0.2) is 28.4 Å². The predicted octanol–water partition coefficient (Wildman–Crippen LogP) is 4.09. The maximum Gasteiger partial charge on any atom is 0.243 e. The molecule has 7 nitrogen and oxygen atoms in total. The maximum atomic E-state index is 13.7. The fourth-order valence-electron chi connectivity index (χ4n) is 3.01. The zero-order valence-electron chi connectivity index (χ0n) is 18.4. The molecule has 1 aromatic heterocycles. The van der Waals surface area contributed by atoms with Gasteiger partial charge < -0.3 is 10.6 Å². The van der Waals surface area contributed by atoms with E-state index in [4.69, 9.17) is 0 Å². The maximum absolute atomic E-state index is 13.7. The fraction of sp³-hybridized carbons (Fsp3) is 0.217. The number of allylic oxidation sites excluding steroid dienone is 1. The zero-order valence-corrected chi connectivity index (χ0v) is 19.3. The number of nitrogens with zero attached hydrogens (tertiary/aromatic N) is 3. The Kier molecular flexibility index (Phi) is 8.11. The topological polar surface area (TPSA) is 88.9 Å². The van der Waals surface area contributed by atoms with Crippen molar-refractivity contribution in [3.63, 3.8) is 0 Å². The molecular formula is C23H22F3N5O2S. The molecule has 1 heterocycles. The number of nitrogens with one attached hydrogen (secondary N) is 2. The number of thioether (sulfide) groups is 1. The van der Waals surface area contributed by atoms with Gasteiger partial charge in [-0.15, -0.1) is 16.8 Å². The molecule has 1 atom stereocenters. The standard InChI is InChI=1S/C23H22F3N5O2S/c1-4-10-31-21(15-7-5-6-13(2)11-15)29-30-23(31)34-14(3)22(33)27-12-18(32)28-17-9-8-16(24)19(25)20(17)26/h4-9,11,14H,1,10,12H2,2-3H3,(H,27,33)(H,28,32)/t14-/m0/s1. The lowest BCUT2D eigenvalue weighted by atomic mass is 10.1. The van der Waals surface area contributed by atoms with E-state index >= 15 is 0 Å². The van der Waals surface area contributed by atoms with Crippen molar-refractivity contribution in [2.45, 2.75) is 30.8 Å². The third-order valence-corrected chi connectivity index (χ3v) is 5.77. The number of hydrogen-bond donors (Lipinski definition) is 2. The Morgan fingerprint density at radius 3 is 2.65 bits per heavy atom. The van der Waals surface area contributed by atoms with Gasteiger partial charge in [0.25, 0.3) is 0 Å². The minimum atomic E-state index is -1.69. The molecule has 11 heteroatoms. The normalized spacial score (nSPS) is 11.7. The second-order valence-corrected chi connectivity index (χ2v) is 8.63. The van der Waals surface area contributed by atoms with Crippen LogP contribution in [0.4, 0.5) is 18.9 Å². The van der Waals surface area contributed by atoms with Gasteiger partial charge in [-0.25, -0.2) is 13.2 Å². The van der Waals surface area contributed by atoms with Crippen LogP contribution in [-0.2, 0) is 16.1 Å². The van der Waals surface area contributed by atoms with Crippen molar-refractivity contribution in [3.8, 4) is 11.4 Å². The Bertz CT molecular complexity index is 1230. The molecule has 0 spiro atoms. The van der Waals surface area contributed by atoms with E-state index in [0.717, 1.165) is 29.0 Å². The first-order valence-corrected chi connectivity index (χ1v) is 11.1. The molecule has 0 radical (unpaired) electrons. The molecule has 2 amide bonds. The SMILES string of the molecule is C=CCn1c(S[C@@H](C)C(=O)NCC(=O)Nc2ccc(F)c(F)c2F)nnc1-c1cccc(C)c1. The third kappa shape index (κ3) is 5.84. The summed E-state index contributed by atoms with van der Waals surface area (Å²) in [6.07, 6.45) is 1.69. The second-order valence-electron chi connectivity index (χ2n) is 7.32. The van der Waals surface area contributed by atoms with Crippen molar-refractivity contribution in [2.24, 2.45) is 0 Å². The summed E-state index contributed by atoms with van der Waals surface area (Å²) in [5.74, 6) is -5.23. The van der Waals surface area contributed by atoms with Crippen molar-refractivity contribution < 1.29 is 22.8 Å². The quantitative estimate of drug-likeness (QED) is 0.269. The average Bonchev–Trinajstić information content (AvgIpc) is 3.20. The predicted molar refractivity (Wildman–Crippen MR) is 124 cm³/mol. The Balaban J connectivity index is 1.63. The van der Waals surface area contributed by atoms with E-state index in [-0.39, 0.29) is 0 Å². The number of carbonyl (C=O) groups excluding carboxylic acids is 2. The van der Waals surface area contributed by atoms with Gasteiger partial charge in [-0.3, -0.25) is 14.2 Å². The molecule has 2 aromatic carbocycles. The van der Waals surface area contributed by atoms with E-state index in [1.54, 1.807) is 13.0 Å². The lowest BCUT2D eigenvalue weighted by Gasteiger charge is -2.13. The van der Waals surface area contributed by atoms with Crippen molar-refractivity contribution in [1.29, 1.82) is 0 Å². The van der Waals surface area contributed by atoms with Gasteiger partial charge in [0.1, 0.15) is 0 Å². The van der Waals surface area contributed by atoms with Crippen LogP contribution in [0, 0.1) is 24.4 Å². The molecule has 34 heavy (non-hydrogen) atoms. The van der Waals surface area contributed by atoms with Crippen LogP contribution in [0.3, 0.4) is 0 Å². The Morgan fingerprint density at radius 1 is 1.18 bits per heavy atom. The van der Waals surface area contributed by atoms with Crippen molar-refractivity contribution in [3.05, 3.63) is 72.1 Å². The number of amides is 2. The summed E-state index contributed by atoms with van der Waals surface area (Å²) in [6.45, 7) is 7.30. The molecular weight excluding hydrogens is 467 g/mol. The minimum Gasteiger partial charge on any atom is -0.346 e. The molecule has 2 N–H and O–H groups in total. The van der Waals surface area contributed by atoms with Gasteiger partial charge in [-0.1, -0.05) is 41.6 Å². The second kappa shape index (κ2) is 11.0. The highest BCUT2D eigenvalue weighted by atomic mass is 32.2. The summed E-state index contributed by atoms with van der Waals surface area (Å²) in [5.41, 5.74) is 1.41. The monoisotopic (exact) mass is 489 g/mol. The summed E-state index contributed by atoms with van der Waals surface area (Å²) in [7, 11) is 0. The molecule has 0 aliphatic heterocycles. The summed E-state index contributed by atoms with van der Waals surface area (Å²) in [6, 6.07) is 9.35. The number of halogens is 3. The first-order chi connectivity index (χ1) is 16.2. The van der Waals surface area contributed by atoms with Crippen LogP contribution in [0.15, 0.2) is 54.2 Å². The Labute approximate surface area is 198 Å². The van der Waals surface area contributed by atoms with Gasteiger partial charge in [-0.2, -0.15) is 0 Å². The van der Waals surface area contributed by atoms with Crippen LogP contribution in [-0.4, -0.2) is 38.4 Å². The van der Waals surface area contributed by atoms with Gasteiger partial charge in [0.05, 0.1) is 17.5 Å². The number of benzene rings is 2. The van der Waals surface area contributed by atoms with Crippen LogP contribution in [0.2, 0.25) is 0 Å². The van der Waals surface area contributed by atoms with Gasteiger partial charge in [0.2, 0.25) is 11.8 Å². The molecule has 0 bridgehead atoms. The first kappa shape index (κ1) is 25.0. The fourth-order valence-corrected chi connectivity index (χ4v) is 3.89. The molecule has 0 fully saturated rings. The van der Waals surface area contributed by atoms with E-state index in [2.05, 4.69) is 27.4 Å². The molecule has 0 aliphatic carbocycles. The highest BCUT2D eigenvalue weighted by Gasteiger charge is 2.21. The van der Waals surface area contributed by atoms with E-state index in [0.29, 0.717) is 23.6 Å². The van der Waals surface area contributed by atoms with E-state index in [1.807, 2.05) is 35.8 Å². The van der Waals surface area contributed by atoms with Crippen molar-refractivity contribution >= 4 is 29.3 Å². The van der Waals surface area contributed by atoms with E-state index in [1.165, 1.54) is 0 Å². The summed E-state index contributed by atoms with van der Waals surface area (Å²) in [4.78, 5) is 24.5. The van der Waals surface area contributed by atoms with Gasteiger partial charge in [-0.05, 0) is 32.0 Å².